The number of ketones is 1. The SMILES string of the molecule is C/C(=N\O)C(=O)C1CC1c1ccccc1. The summed E-state index contributed by atoms with van der Waals surface area (Å²) in [5, 5.41) is 11.5. The van der Waals surface area contributed by atoms with Crippen LogP contribution in [0.25, 0.3) is 0 Å². The average Bonchev–Trinajstić information content (AvgIpc) is 3.08. The quantitative estimate of drug-likeness (QED) is 0.465. The lowest BCUT2D eigenvalue weighted by molar-refractivity contribution is -0.114. The molecular formula is C12H13NO2. The molecule has 1 aliphatic carbocycles. The first-order valence-electron chi connectivity index (χ1n) is 5.02. The van der Waals surface area contributed by atoms with Gasteiger partial charge in [0.1, 0.15) is 5.71 Å². The zero-order valence-electron chi connectivity index (χ0n) is 8.55. The lowest BCUT2D eigenvalue weighted by atomic mass is 10.1. The third-order valence-corrected chi connectivity index (χ3v) is 2.86. The minimum Gasteiger partial charge on any atom is -0.411 e. The largest absolute Gasteiger partial charge is 0.411 e. The Bertz CT molecular complexity index is 397. The molecule has 1 N–H and O–H groups in total. The van der Waals surface area contributed by atoms with Crippen molar-refractivity contribution in [3.8, 4) is 0 Å². The van der Waals surface area contributed by atoms with Crippen molar-refractivity contribution in [1.29, 1.82) is 0 Å². The fourth-order valence-electron chi connectivity index (χ4n) is 1.87. The first-order valence-corrected chi connectivity index (χ1v) is 5.02. The average molecular weight is 203 g/mol. The van der Waals surface area contributed by atoms with Crippen LogP contribution in [0, 0.1) is 5.92 Å². The summed E-state index contributed by atoms with van der Waals surface area (Å²) in [6.45, 7) is 1.54. The maximum absolute atomic E-state index is 11.6. The van der Waals surface area contributed by atoms with Crippen LogP contribution < -0.4 is 0 Å². The lowest BCUT2D eigenvalue weighted by Gasteiger charge is -1.98. The molecule has 0 amide bonds. The Kier molecular flexibility index (Phi) is 2.54. The minimum absolute atomic E-state index is 0.0169. The molecule has 0 radical (unpaired) electrons. The number of hydrogen-bond acceptors (Lipinski definition) is 3. The summed E-state index contributed by atoms with van der Waals surface area (Å²) < 4.78 is 0. The number of benzene rings is 1. The summed E-state index contributed by atoms with van der Waals surface area (Å²) in [6.07, 6.45) is 0.871. The minimum atomic E-state index is -0.0358. The van der Waals surface area contributed by atoms with Crippen LogP contribution >= 0.6 is 0 Å². The summed E-state index contributed by atoms with van der Waals surface area (Å²) in [6, 6.07) is 9.97. The molecule has 1 aromatic rings. The van der Waals surface area contributed by atoms with Gasteiger partial charge in [0.05, 0.1) is 0 Å². The summed E-state index contributed by atoms with van der Waals surface area (Å²) in [4.78, 5) is 11.6. The van der Waals surface area contributed by atoms with Gasteiger partial charge in [-0.05, 0) is 24.8 Å². The first-order chi connectivity index (χ1) is 7.24. The normalized spacial score (nSPS) is 25.0. The third kappa shape index (κ3) is 1.91. The number of oxime groups is 1. The van der Waals surface area contributed by atoms with Gasteiger partial charge in [0, 0.05) is 5.92 Å². The van der Waals surface area contributed by atoms with Crippen LogP contribution in [-0.2, 0) is 4.79 Å². The Morgan fingerprint density at radius 3 is 2.67 bits per heavy atom. The van der Waals surface area contributed by atoms with E-state index in [2.05, 4.69) is 5.16 Å². The van der Waals surface area contributed by atoms with Gasteiger partial charge < -0.3 is 5.21 Å². The Morgan fingerprint density at radius 1 is 1.40 bits per heavy atom. The number of hydrogen-bond donors (Lipinski definition) is 1. The summed E-state index contributed by atoms with van der Waals surface area (Å²) in [7, 11) is 0. The van der Waals surface area contributed by atoms with Crippen molar-refractivity contribution < 1.29 is 10.0 Å². The van der Waals surface area contributed by atoms with Crippen molar-refractivity contribution in [2.75, 3.05) is 0 Å². The summed E-state index contributed by atoms with van der Waals surface area (Å²) >= 11 is 0. The van der Waals surface area contributed by atoms with Crippen molar-refractivity contribution in [3.63, 3.8) is 0 Å². The smallest absolute Gasteiger partial charge is 0.183 e. The highest BCUT2D eigenvalue weighted by Gasteiger charge is 2.44. The van der Waals surface area contributed by atoms with Gasteiger partial charge in [-0.15, -0.1) is 0 Å². The molecule has 0 heterocycles. The fraction of sp³-hybridized carbons (Fsp3) is 0.333. The standard InChI is InChI=1S/C12H13NO2/c1-8(13-15)12(14)11-7-10(11)9-5-3-2-4-6-9/h2-6,10-11,15H,7H2,1H3/b13-8+. The van der Waals surface area contributed by atoms with Crippen molar-refractivity contribution in [3.05, 3.63) is 35.9 Å². The molecule has 1 aromatic carbocycles. The molecule has 0 aromatic heterocycles. The van der Waals surface area contributed by atoms with Gasteiger partial charge >= 0.3 is 0 Å². The van der Waals surface area contributed by atoms with Crippen molar-refractivity contribution >= 4 is 11.5 Å². The second-order valence-electron chi connectivity index (χ2n) is 3.91. The monoisotopic (exact) mass is 203 g/mol. The summed E-state index contributed by atoms with van der Waals surface area (Å²) in [5.74, 6) is 0.296. The number of carbonyl (C=O) groups excluding carboxylic acids is 1. The van der Waals surface area contributed by atoms with E-state index in [9.17, 15) is 4.79 Å². The van der Waals surface area contributed by atoms with E-state index in [1.54, 1.807) is 6.92 Å². The Morgan fingerprint density at radius 2 is 2.07 bits per heavy atom. The van der Waals surface area contributed by atoms with Crippen LogP contribution in [0.4, 0.5) is 0 Å². The zero-order chi connectivity index (χ0) is 10.8. The predicted molar refractivity (Wildman–Crippen MR) is 57.2 cm³/mol. The first kappa shape index (κ1) is 9.90. The molecule has 0 spiro atoms. The van der Waals surface area contributed by atoms with Gasteiger partial charge in [-0.1, -0.05) is 35.5 Å². The predicted octanol–water partition coefficient (Wildman–Crippen LogP) is 2.21. The second-order valence-corrected chi connectivity index (χ2v) is 3.91. The molecular weight excluding hydrogens is 190 g/mol. The highest BCUT2D eigenvalue weighted by atomic mass is 16.4. The highest BCUT2D eigenvalue weighted by Crippen LogP contribution is 2.47. The lowest BCUT2D eigenvalue weighted by Crippen LogP contribution is -2.13. The van der Waals surface area contributed by atoms with Crippen molar-refractivity contribution in [2.24, 2.45) is 11.1 Å². The second kappa shape index (κ2) is 3.85. The maximum Gasteiger partial charge on any atom is 0.183 e. The van der Waals surface area contributed by atoms with E-state index in [1.165, 1.54) is 5.56 Å². The van der Waals surface area contributed by atoms with E-state index in [4.69, 9.17) is 5.21 Å². The molecule has 0 aliphatic heterocycles. The number of nitrogens with zero attached hydrogens (tertiary/aromatic N) is 1. The van der Waals surface area contributed by atoms with Gasteiger partial charge in [0.15, 0.2) is 5.78 Å². The molecule has 0 saturated heterocycles. The van der Waals surface area contributed by atoms with Gasteiger partial charge in [-0.25, -0.2) is 0 Å². The highest BCUT2D eigenvalue weighted by molar-refractivity contribution is 6.40. The molecule has 0 bridgehead atoms. The van der Waals surface area contributed by atoms with Crippen LogP contribution in [0.1, 0.15) is 24.8 Å². The molecule has 2 rings (SSSR count). The topological polar surface area (TPSA) is 49.7 Å². The van der Waals surface area contributed by atoms with Crippen LogP contribution in [-0.4, -0.2) is 16.7 Å². The molecule has 3 heteroatoms. The van der Waals surface area contributed by atoms with E-state index in [0.717, 1.165) is 6.42 Å². The number of Topliss-reactive ketones (excluding diaryl/α,β-unsaturated/α-hetero) is 1. The van der Waals surface area contributed by atoms with E-state index < -0.39 is 0 Å². The Hall–Kier alpha value is -1.64. The van der Waals surface area contributed by atoms with Crippen molar-refractivity contribution in [2.45, 2.75) is 19.3 Å². The Labute approximate surface area is 88.4 Å². The van der Waals surface area contributed by atoms with Gasteiger partial charge in [0.25, 0.3) is 0 Å². The van der Waals surface area contributed by atoms with Crippen LogP contribution in [0.3, 0.4) is 0 Å². The molecule has 1 saturated carbocycles. The van der Waals surface area contributed by atoms with Crippen LogP contribution in [0.2, 0.25) is 0 Å². The molecule has 2 atom stereocenters. The van der Waals surface area contributed by atoms with E-state index >= 15 is 0 Å². The van der Waals surface area contributed by atoms with Gasteiger partial charge in [-0.2, -0.15) is 0 Å². The van der Waals surface area contributed by atoms with E-state index in [0.29, 0.717) is 5.92 Å². The molecule has 2 unspecified atom stereocenters. The van der Waals surface area contributed by atoms with Crippen molar-refractivity contribution in [1.82, 2.24) is 0 Å². The maximum atomic E-state index is 11.6. The Balaban J connectivity index is 2.06. The zero-order valence-corrected chi connectivity index (χ0v) is 8.55. The molecule has 15 heavy (non-hydrogen) atoms. The molecule has 78 valence electrons. The number of carbonyl (C=O) groups is 1. The van der Waals surface area contributed by atoms with Crippen LogP contribution in [0.5, 0.6) is 0 Å². The fourth-order valence-corrected chi connectivity index (χ4v) is 1.87. The molecule has 1 aliphatic rings. The van der Waals surface area contributed by atoms with Gasteiger partial charge in [-0.3, -0.25) is 4.79 Å². The van der Waals surface area contributed by atoms with E-state index in [-0.39, 0.29) is 17.4 Å². The van der Waals surface area contributed by atoms with Crippen LogP contribution in [0.15, 0.2) is 35.5 Å². The van der Waals surface area contributed by atoms with E-state index in [1.807, 2.05) is 30.3 Å². The van der Waals surface area contributed by atoms with Gasteiger partial charge in [0.2, 0.25) is 0 Å². The summed E-state index contributed by atoms with van der Waals surface area (Å²) in [5.41, 5.74) is 1.40. The number of rotatable bonds is 3. The molecule has 1 fully saturated rings. The third-order valence-electron chi connectivity index (χ3n) is 2.86. The molecule has 3 nitrogen and oxygen atoms in total.